The summed E-state index contributed by atoms with van der Waals surface area (Å²) in [4.78, 5) is 11.9. The van der Waals surface area contributed by atoms with Gasteiger partial charge in [0.1, 0.15) is 6.61 Å². The number of benzene rings is 2. The summed E-state index contributed by atoms with van der Waals surface area (Å²) >= 11 is 3.37. The number of halogens is 1. The van der Waals surface area contributed by atoms with Crippen molar-refractivity contribution in [2.24, 2.45) is 0 Å². The largest absolute Gasteiger partial charge is 0.461 e. The Morgan fingerprint density at radius 2 is 1.76 bits per heavy atom. The highest BCUT2D eigenvalue weighted by atomic mass is 79.9. The maximum absolute atomic E-state index is 11.9. The molecule has 0 radical (unpaired) electrons. The topological polar surface area (TPSA) is 52.3 Å². The van der Waals surface area contributed by atoms with Gasteiger partial charge in [0.2, 0.25) is 0 Å². The third-order valence-electron chi connectivity index (χ3n) is 3.29. The summed E-state index contributed by atoms with van der Waals surface area (Å²) in [7, 11) is 0. The van der Waals surface area contributed by atoms with E-state index in [9.17, 15) is 4.79 Å². The van der Waals surface area contributed by atoms with Gasteiger partial charge in [-0.25, -0.2) is 0 Å². The lowest BCUT2D eigenvalue weighted by Gasteiger charge is -2.12. The summed E-state index contributed by atoms with van der Waals surface area (Å²) in [5.41, 5.74) is 8.45. The van der Waals surface area contributed by atoms with Gasteiger partial charge in [0, 0.05) is 10.2 Å². The predicted octanol–water partition coefficient (Wildman–Crippen LogP) is 4.27. The van der Waals surface area contributed by atoms with E-state index in [-0.39, 0.29) is 11.9 Å². The average molecular weight is 348 g/mol. The maximum atomic E-state index is 11.9. The van der Waals surface area contributed by atoms with Gasteiger partial charge in [0.25, 0.3) is 0 Å². The van der Waals surface area contributed by atoms with E-state index in [1.165, 1.54) is 0 Å². The van der Waals surface area contributed by atoms with Crippen molar-refractivity contribution in [3.63, 3.8) is 0 Å². The van der Waals surface area contributed by atoms with Gasteiger partial charge in [-0.2, -0.15) is 0 Å². The number of hydrogen-bond acceptors (Lipinski definition) is 3. The van der Waals surface area contributed by atoms with Crippen LogP contribution in [0, 0.1) is 0 Å². The maximum Gasteiger partial charge on any atom is 0.306 e. The molecule has 1 unspecified atom stereocenters. The van der Waals surface area contributed by atoms with Crippen LogP contribution in [-0.2, 0) is 16.1 Å². The molecule has 0 amide bonds. The van der Waals surface area contributed by atoms with E-state index < -0.39 is 0 Å². The molecule has 21 heavy (non-hydrogen) atoms. The van der Waals surface area contributed by atoms with Crippen LogP contribution in [0.2, 0.25) is 0 Å². The zero-order valence-corrected chi connectivity index (χ0v) is 13.5. The third-order valence-corrected chi connectivity index (χ3v) is 3.82. The molecule has 2 N–H and O–H groups in total. The van der Waals surface area contributed by atoms with Crippen molar-refractivity contribution >= 4 is 27.6 Å². The Morgan fingerprint density at radius 1 is 1.14 bits per heavy atom. The van der Waals surface area contributed by atoms with Gasteiger partial charge in [-0.15, -0.1) is 0 Å². The molecule has 1 atom stereocenters. The summed E-state index contributed by atoms with van der Waals surface area (Å²) in [6, 6.07) is 15.3. The van der Waals surface area contributed by atoms with Crippen LogP contribution in [0.3, 0.4) is 0 Å². The fourth-order valence-electron chi connectivity index (χ4n) is 2.00. The van der Waals surface area contributed by atoms with Crippen LogP contribution in [0.4, 0.5) is 5.69 Å². The van der Waals surface area contributed by atoms with Crippen molar-refractivity contribution in [2.75, 3.05) is 5.73 Å². The second-order valence-electron chi connectivity index (χ2n) is 5.06. The molecular formula is C17H18BrNO2. The predicted molar refractivity (Wildman–Crippen MR) is 87.8 cm³/mol. The highest BCUT2D eigenvalue weighted by Crippen LogP contribution is 2.21. The van der Waals surface area contributed by atoms with Crippen LogP contribution in [-0.4, -0.2) is 5.97 Å². The molecule has 0 saturated carbocycles. The van der Waals surface area contributed by atoms with Gasteiger partial charge in [-0.1, -0.05) is 47.1 Å². The highest BCUT2D eigenvalue weighted by molar-refractivity contribution is 9.10. The van der Waals surface area contributed by atoms with Crippen molar-refractivity contribution < 1.29 is 9.53 Å². The second-order valence-corrected chi connectivity index (χ2v) is 5.97. The number of nitrogen functional groups attached to an aromatic ring is 1. The lowest BCUT2D eigenvalue weighted by Crippen LogP contribution is -2.08. The van der Waals surface area contributed by atoms with Crippen LogP contribution in [0.15, 0.2) is 53.0 Å². The molecule has 0 bridgehead atoms. The molecule has 0 spiro atoms. The lowest BCUT2D eigenvalue weighted by atomic mass is 9.98. The monoisotopic (exact) mass is 347 g/mol. The molecule has 2 aromatic carbocycles. The van der Waals surface area contributed by atoms with E-state index in [0.717, 1.165) is 21.3 Å². The highest BCUT2D eigenvalue weighted by Gasteiger charge is 2.12. The molecule has 0 aliphatic heterocycles. The van der Waals surface area contributed by atoms with Crippen molar-refractivity contribution in [3.05, 3.63) is 64.1 Å². The summed E-state index contributed by atoms with van der Waals surface area (Å²) in [6.07, 6.45) is 0.362. The van der Waals surface area contributed by atoms with Gasteiger partial charge >= 0.3 is 5.97 Å². The zero-order chi connectivity index (χ0) is 15.2. The van der Waals surface area contributed by atoms with E-state index in [4.69, 9.17) is 10.5 Å². The number of nitrogens with two attached hydrogens (primary N) is 1. The van der Waals surface area contributed by atoms with E-state index in [1.807, 2.05) is 55.5 Å². The van der Waals surface area contributed by atoms with Crippen LogP contribution in [0.1, 0.15) is 30.4 Å². The molecule has 110 valence electrons. The number of rotatable bonds is 5. The summed E-state index contributed by atoms with van der Waals surface area (Å²) in [5, 5.41) is 0. The van der Waals surface area contributed by atoms with E-state index >= 15 is 0 Å². The summed E-state index contributed by atoms with van der Waals surface area (Å²) in [5.74, 6) is -0.0785. The minimum absolute atomic E-state index is 0.114. The Balaban J connectivity index is 1.83. The van der Waals surface area contributed by atoms with Crippen molar-refractivity contribution in [1.82, 2.24) is 0 Å². The molecule has 2 rings (SSSR count). The second kappa shape index (κ2) is 7.27. The minimum atomic E-state index is -0.192. The Labute approximate surface area is 133 Å². The van der Waals surface area contributed by atoms with Crippen LogP contribution >= 0.6 is 15.9 Å². The number of hydrogen-bond donors (Lipinski definition) is 1. The molecule has 4 heteroatoms. The normalized spacial score (nSPS) is 11.9. The molecule has 2 aromatic rings. The third kappa shape index (κ3) is 4.90. The zero-order valence-electron chi connectivity index (χ0n) is 11.9. The Hall–Kier alpha value is -1.81. The quantitative estimate of drug-likeness (QED) is 0.649. The molecular weight excluding hydrogens is 330 g/mol. The first kappa shape index (κ1) is 15.6. The first-order valence-corrected chi connectivity index (χ1v) is 7.59. The molecule has 3 nitrogen and oxygen atoms in total. The molecule has 0 aliphatic carbocycles. The molecule has 0 heterocycles. The number of carbonyl (C=O) groups excluding carboxylic acids is 1. The first-order chi connectivity index (χ1) is 10.0. The smallest absolute Gasteiger partial charge is 0.306 e. The Bertz CT molecular complexity index is 593. The fourth-order valence-corrected chi connectivity index (χ4v) is 2.26. The Morgan fingerprint density at radius 3 is 2.38 bits per heavy atom. The summed E-state index contributed by atoms with van der Waals surface area (Å²) in [6.45, 7) is 2.31. The number of esters is 1. The van der Waals surface area contributed by atoms with Crippen molar-refractivity contribution in [1.29, 1.82) is 0 Å². The van der Waals surface area contributed by atoms with Crippen LogP contribution < -0.4 is 5.73 Å². The van der Waals surface area contributed by atoms with Crippen molar-refractivity contribution in [2.45, 2.75) is 25.9 Å². The average Bonchev–Trinajstić information content (AvgIpc) is 2.47. The summed E-state index contributed by atoms with van der Waals surface area (Å²) < 4.78 is 6.31. The number of anilines is 1. The SMILES string of the molecule is CC(CC(=O)OCc1ccc(Br)cc1)c1ccc(N)cc1. The van der Waals surface area contributed by atoms with Crippen LogP contribution in [0.25, 0.3) is 0 Å². The lowest BCUT2D eigenvalue weighted by molar-refractivity contribution is -0.145. The first-order valence-electron chi connectivity index (χ1n) is 6.80. The van der Waals surface area contributed by atoms with Crippen molar-refractivity contribution in [3.8, 4) is 0 Å². The number of ether oxygens (including phenoxy) is 1. The van der Waals surface area contributed by atoms with Gasteiger partial charge < -0.3 is 10.5 Å². The fraction of sp³-hybridized carbons (Fsp3) is 0.235. The standard InChI is InChI=1S/C17H18BrNO2/c1-12(14-4-8-16(19)9-5-14)10-17(20)21-11-13-2-6-15(18)7-3-13/h2-9,12H,10-11,19H2,1H3. The minimum Gasteiger partial charge on any atom is -0.461 e. The van der Waals surface area contributed by atoms with Crippen LogP contribution in [0.5, 0.6) is 0 Å². The molecule has 0 aliphatic rings. The van der Waals surface area contributed by atoms with Gasteiger partial charge in [0.15, 0.2) is 0 Å². The molecule has 0 fully saturated rings. The van der Waals surface area contributed by atoms with E-state index in [0.29, 0.717) is 13.0 Å². The number of carbonyl (C=O) groups is 1. The van der Waals surface area contributed by atoms with Gasteiger partial charge in [-0.05, 0) is 41.3 Å². The van der Waals surface area contributed by atoms with E-state index in [2.05, 4.69) is 15.9 Å². The van der Waals surface area contributed by atoms with Gasteiger partial charge in [-0.3, -0.25) is 4.79 Å². The van der Waals surface area contributed by atoms with E-state index in [1.54, 1.807) is 0 Å². The molecule has 0 saturated heterocycles. The van der Waals surface area contributed by atoms with Gasteiger partial charge in [0.05, 0.1) is 6.42 Å². The Kier molecular flexibility index (Phi) is 5.39. The molecule has 0 aromatic heterocycles.